The fourth-order valence-electron chi connectivity index (χ4n) is 1.70. The van der Waals surface area contributed by atoms with Gasteiger partial charge in [0.1, 0.15) is 0 Å². The summed E-state index contributed by atoms with van der Waals surface area (Å²) in [5.74, 6) is 0. The zero-order valence-corrected chi connectivity index (χ0v) is 8.17. The predicted octanol–water partition coefficient (Wildman–Crippen LogP) is 2.39. The Labute approximate surface area is 83.6 Å². The van der Waals surface area contributed by atoms with Crippen molar-refractivity contribution < 1.29 is 5.11 Å². The lowest BCUT2D eigenvalue weighted by atomic mass is 9.94. The number of allylic oxidation sites excluding steroid dienone is 1. The number of aliphatic hydroxyl groups is 1. The van der Waals surface area contributed by atoms with Gasteiger partial charge >= 0.3 is 0 Å². The van der Waals surface area contributed by atoms with Crippen LogP contribution in [0.15, 0.2) is 42.1 Å². The van der Waals surface area contributed by atoms with Crippen molar-refractivity contribution in [2.24, 2.45) is 0 Å². The summed E-state index contributed by atoms with van der Waals surface area (Å²) in [4.78, 5) is 0. The van der Waals surface area contributed by atoms with Crippen LogP contribution in [-0.2, 0) is 0 Å². The molecule has 2 nitrogen and oxygen atoms in total. The molecule has 2 N–H and O–H groups in total. The van der Waals surface area contributed by atoms with Gasteiger partial charge in [0.15, 0.2) is 0 Å². The number of rotatable bonds is 1. The summed E-state index contributed by atoms with van der Waals surface area (Å²) in [6.07, 6.45) is 0. The van der Waals surface area contributed by atoms with Gasteiger partial charge in [-0.1, -0.05) is 24.8 Å². The molecule has 1 aromatic carbocycles. The highest BCUT2D eigenvalue weighted by molar-refractivity contribution is 5.85. The number of anilines is 1. The van der Waals surface area contributed by atoms with Gasteiger partial charge in [0.25, 0.3) is 0 Å². The Morgan fingerprint density at radius 3 is 2.79 bits per heavy atom. The van der Waals surface area contributed by atoms with Gasteiger partial charge in [-0.15, -0.1) is 0 Å². The summed E-state index contributed by atoms with van der Waals surface area (Å²) in [7, 11) is 0. The van der Waals surface area contributed by atoms with E-state index in [9.17, 15) is 5.11 Å². The van der Waals surface area contributed by atoms with Crippen molar-refractivity contribution in [3.8, 4) is 0 Å². The molecule has 2 heteroatoms. The minimum atomic E-state index is 0.0591. The second kappa shape index (κ2) is 3.31. The minimum absolute atomic E-state index is 0.0591. The maximum atomic E-state index is 9.30. The molecule has 0 unspecified atom stereocenters. The highest BCUT2D eigenvalue weighted by Gasteiger charge is 2.16. The van der Waals surface area contributed by atoms with E-state index >= 15 is 0 Å². The van der Waals surface area contributed by atoms with Crippen molar-refractivity contribution in [3.05, 3.63) is 47.7 Å². The molecule has 0 aliphatic carbocycles. The molecule has 72 valence electrons. The largest absolute Gasteiger partial charge is 0.392 e. The third-order valence-electron chi connectivity index (χ3n) is 2.60. The third kappa shape index (κ3) is 1.24. The molecule has 1 aliphatic heterocycles. The molecule has 2 rings (SSSR count). The zero-order chi connectivity index (χ0) is 10.1. The Bertz CT molecular complexity index is 418. The Morgan fingerprint density at radius 1 is 1.36 bits per heavy atom. The molecular formula is C12H13NO. The number of hydrogen-bond acceptors (Lipinski definition) is 2. The number of aliphatic hydroxyl groups excluding tert-OH is 1. The highest BCUT2D eigenvalue weighted by atomic mass is 16.3. The fourth-order valence-corrected chi connectivity index (χ4v) is 1.70. The van der Waals surface area contributed by atoms with E-state index in [1.165, 1.54) is 0 Å². The lowest BCUT2D eigenvalue weighted by Crippen LogP contribution is -2.11. The number of fused-ring (bicyclic) bond motifs is 1. The van der Waals surface area contributed by atoms with E-state index in [1.807, 2.05) is 31.2 Å². The van der Waals surface area contributed by atoms with Crippen molar-refractivity contribution in [3.63, 3.8) is 0 Å². The first kappa shape index (κ1) is 9.03. The molecule has 1 aromatic rings. The highest BCUT2D eigenvalue weighted by Crippen LogP contribution is 2.33. The van der Waals surface area contributed by atoms with E-state index in [4.69, 9.17) is 0 Å². The SMILES string of the molecule is C=C1Nc2ccccc2C(CO)=C1C. The second-order valence-electron chi connectivity index (χ2n) is 3.41. The van der Waals surface area contributed by atoms with E-state index in [2.05, 4.69) is 11.9 Å². The van der Waals surface area contributed by atoms with E-state index < -0.39 is 0 Å². The van der Waals surface area contributed by atoms with E-state index in [-0.39, 0.29) is 6.61 Å². The van der Waals surface area contributed by atoms with E-state index in [0.29, 0.717) is 0 Å². The minimum Gasteiger partial charge on any atom is -0.392 e. The Morgan fingerprint density at radius 2 is 2.07 bits per heavy atom. The van der Waals surface area contributed by atoms with Gasteiger partial charge in [-0.3, -0.25) is 0 Å². The van der Waals surface area contributed by atoms with Gasteiger partial charge in [0.05, 0.1) is 6.61 Å². The molecule has 0 radical (unpaired) electrons. The maximum Gasteiger partial charge on any atom is 0.0691 e. The molecule has 0 aromatic heterocycles. The van der Waals surface area contributed by atoms with Gasteiger partial charge in [-0.05, 0) is 24.1 Å². The van der Waals surface area contributed by atoms with Crippen LogP contribution in [0, 0.1) is 0 Å². The predicted molar refractivity (Wildman–Crippen MR) is 58.9 cm³/mol. The smallest absolute Gasteiger partial charge is 0.0691 e. The molecule has 0 fully saturated rings. The summed E-state index contributed by atoms with van der Waals surface area (Å²) < 4.78 is 0. The first-order valence-corrected chi connectivity index (χ1v) is 4.60. The van der Waals surface area contributed by atoms with Crippen LogP contribution in [0.4, 0.5) is 5.69 Å². The van der Waals surface area contributed by atoms with Crippen LogP contribution < -0.4 is 5.32 Å². The van der Waals surface area contributed by atoms with Crippen LogP contribution in [0.1, 0.15) is 12.5 Å². The molecule has 0 saturated heterocycles. The third-order valence-corrected chi connectivity index (χ3v) is 2.60. The number of hydrogen-bond donors (Lipinski definition) is 2. The van der Waals surface area contributed by atoms with Crippen LogP contribution in [-0.4, -0.2) is 11.7 Å². The average molecular weight is 187 g/mol. The van der Waals surface area contributed by atoms with Crippen LogP contribution in [0.5, 0.6) is 0 Å². The van der Waals surface area contributed by atoms with Gasteiger partial charge in [0, 0.05) is 16.9 Å². The number of nitrogens with one attached hydrogen (secondary N) is 1. The zero-order valence-electron chi connectivity index (χ0n) is 8.17. The maximum absolute atomic E-state index is 9.30. The quantitative estimate of drug-likeness (QED) is 0.707. The molecule has 0 amide bonds. The van der Waals surface area contributed by atoms with Gasteiger partial charge in [-0.2, -0.15) is 0 Å². The van der Waals surface area contributed by atoms with Crippen LogP contribution in [0.3, 0.4) is 0 Å². The fraction of sp³-hybridized carbons (Fsp3) is 0.167. The van der Waals surface area contributed by atoms with Crippen LogP contribution in [0.25, 0.3) is 5.57 Å². The molecule has 0 atom stereocenters. The summed E-state index contributed by atoms with van der Waals surface area (Å²) >= 11 is 0. The normalized spacial score (nSPS) is 15.1. The second-order valence-corrected chi connectivity index (χ2v) is 3.41. The first-order valence-electron chi connectivity index (χ1n) is 4.60. The van der Waals surface area contributed by atoms with Crippen molar-refractivity contribution >= 4 is 11.3 Å². The topological polar surface area (TPSA) is 32.3 Å². The standard InChI is InChI=1S/C12H13NO/c1-8-9(2)13-12-6-4-3-5-10(12)11(8)7-14/h3-6,13-14H,2,7H2,1H3. The van der Waals surface area contributed by atoms with Gasteiger partial charge in [0.2, 0.25) is 0 Å². The summed E-state index contributed by atoms with van der Waals surface area (Å²) in [5, 5.41) is 12.5. The lowest BCUT2D eigenvalue weighted by molar-refractivity contribution is 0.349. The van der Waals surface area contributed by atoms with Gasteiger partial charge < -0.3 is 10.4 Å². The van der Waals surface area contributed by atoms with E-state index in [1.54, 1.807) is 0 Å². The van der Waals surface area contributed by atoms with E-state index in [0.717, 1.165) is 28.1 Å². The lowest BCUT2D eigenvalue weighted by Gasteiger charge is -2.23. The van der Waals surface area contributed by atoms with Crippen molar-refractivity contribution in [2.45, 2.75) is 6.92 Å². The van der Waals surface area contributed by atoms with Crippen molar-refractivity contribution in [2.75, 3.05) is 11.9 Å². The monoisotopic (exact) mass is 187 g/mol. The molecule has 0 spiro atoms. The summed E-state index contributed by atoms with van der Waals surface area (Å²) in [6, 6.07) is 7.93. The van der Waals surface area contributed by atoms with Crippen molar-refractivity contribution in [1.82, 2.24) is 0 Å². The van der Waals surface area contributed by atoms with Crippen LogP contribution >= 0.6 is 0 Å². The molecule has 1 heterocycles. The molecule has 14 heavy (non-hydrogen) atoms. The van der Waals surface area contributed by atoms with Crippen molar-refractivity contribution in [1.29, 1.82) is 0 Å². The number of para-hydroxylation sites is 1. The number of benzene rings is 1. The molecule has 0 saturated carbocycles. The molecule has 1 aliphatic rings. The van der Waals surface area contributed by atoms with Crippen LogP contribution in [0.2, 0.25) is 0 Å². The molecular weight excluding hydrogens is 174 g/mol. The van der Waals surface area contributed by atoms with Gasteiger partial charge in [-0.25, -0.2) is 0 Å². The Balaban J connectivity index is 2.63. The summed E-state index contributed by atoms with van der Waals surface area (Å²) in [5.41, 5.74) is 4.95. The first-order chi connectivity index (χ1) is 6.74. The average Bonchev–Trinajstić information content (AvgIpc) is 2.20. The Kier molecular flexibility index (Phi) is 2.14. The Hall–Kier alpha value is -1.54. The summed E-state index contributed by atoms with van der Waals surface area (Å²) in [6.45, 7) is 5.94. The molecule has 0 bridgehead atoms.